The Balaban J connectivity index is 2.78. The Labute approximate surface area is 96.0 Å². The second-order valence-corrected chi connectivity index (χ2v) is 6.96. The molecule has 1 fully saturated rings. The molecule has 1 heteroatoms. The molecule has 1 rings (SSSR count). The van der Waals surface area contributed by atoms with Crippen molar-refractivity contribution < 1.29 is 0 Å². The molecule has 0 saturated carbocycles. The largest absolute Gasteiger partial charge is 0.311 e. The lowest BCUT2D eigenvalue weighted by Crippen LogP contribution is -2.48. The van der Waals surface area contributed by atoms with Crippen molar-refractivity contribution in [3.8, 4) is 0 Å². The quantitative estimate of drug-likeness (QED) is 0.695. The van der Waals surface area contributed by atoms with Gasteiger partial charge in [-0.25, -0.2) is 0 Å². The first kappa shape index (κ1) is 13.0. The van der Waals surface area contributed by atoms with E-state index in [9.17, 15) is 0 Å². The summed E-state index contributed by atoms with van der Waals surface area (Å²) in [5.74, 6) is 1.75. The minimum atomic E-state index is 0.310. The van der Waals surface area contributed by atoms with E-state index in [0.717, 1.165) is 18.4 Å². The van der Waals surface area contributed by atoms with Crippen LogP contribution >= 0.6 is 0 Å². The molecular weight excluding hydrogens is 182 g/mol. The van der Waals surface area contributed by atoms with Crippen molar-refractivity contribution in [1.82, 2.24) is 5.32 Å². The molecule has 2 unspecified atom stereocenters. The molecule has 0 spiro atoms. The smallest absolute Gasteiger partial charge is 0.0128 e. The Hall–Kier alpha value is -0.0400. The van der Waals surface area contributed by atoms with Gasteiger partial charge in [0.15, 0.2) is 0 Å². The zero-order valence-electron chi connectivity index (χ0n) is 11.5. The van der Waals surface area contributed by atoms with E-state index >= 15 is 0 Å². The minimum absolute atomic E-state index is 0.310. The highest BCUT2D eigenvalue weighted by Gasteiger charge is 2.33. The molecule has 90 valence electrons. The molecule has 1 heterocycles. The molecule has 0 aromatic rings. The van der Waals surface area contributed by atoms with Gasteiger partial charge < -0.3 is 5.32 Å². The fourth-order valence-corrected chi connectivity index (χ4v) is 3.05. The average Bonchev–Trinajstić information content (AvgIpc) is 2.09. The molecule has 0 bridgehead atoms. The summed E-state index contributed by atoms with van der Waals surface area (Å²) in [6.07, 6.45) is 4.01. The van der Waals surface area contributed by atoms with Crippen LogP contribution in [0.5, 0.6) is 0 Å². The summed E-state index contributed by atoms with van der Waals surface area (Å²) in [6, 6.07) is 0. The van der Waals surface area contributed by atoms with Crippen LogP contribution in [-0.2, 0) is 0 Å². The van der Waals surface area contributed by atoms with Gasteiger partial charge in [0, 0.05) is 12.1 Å². The van der Waals surface area contributed by atoms with Crippen LogP contribution in [0.25, 0.3) is 0 Å². The first-order valence-corrected chi connectivity index (χ1v) is 6.51. The number of hydrogen-bond acceptors (Lipinski definition) is 1. The van der Waals surface area contributed by atoms with Crippen molar-refractivity contribution in [3.05, 3.63) is 0 Å². The summed E-state index contributed by atoms with van der Waals surface area (Å²) in [6.45, 7) is 15.4. The highest BCUT2D eigenvalue weighted by atomic mass is 15.0. The van der Waals surface area contributed by atoms with E-state index in [-0.39, 0.29) is 0 Å². The van der Waals surface area contributed by atoms with E-state index < -0.39 is 0 Å². The van der Waals surface area contributed by atoms with Crippen molar-refractivity contribution in [2.75, 3.05) is 6.54 Å². The van der Waals surface area contributed by atoms with Crippen LogP contribution in [0.1, 0.15) is 60.8 Å². The Bertz CT molecular complexity index is 205. The number of hydrogen-bond donors (Lipinski definition) is 1. The maximum absolute atomic E-state index is 3.73. The molecule has 1 nitrogen and oxygen atoms in total. The van der Waals surface area contributed by atoms with Crippen LogP contribution < -0.4 is 5.32 Å². The Kier molecular flexibility index (Phi) is 3.86. The van der Waals surface area contributed by atoms with Gasteiger partial charge in [-0.2, -0.15) is 0 Å². The fraction of sp³-hybridized carbons (Fsp3) is 1.00. The van der Waals surface area contributed by atoms with Gasteiger partial charge in [0.05, 0.1) is 0 Å². The van der Waals surface area contributed by atoms with Crippen molar-refractivity contribution in [1.29, 1.82) is 0 Å². The maximum atomic E-state index is 3.73. The van der Waals surface area contributed by atoms with Crippen LogP contribution in [0.4, 0.5) is 0 Å². The summed E-state index contributed by atoms with van der Waals surface area (Å²) < 4.78 is 0. The van der Waals surface area contributed by atoms with Crippen molar-refractivity contribution >= 4 is 0 Å². The topological polar surface area (TPSA) is 12.0 Å². The summed E-state index contributed by atoms with van der Waals surface area (Å²) in [4.78, 5) is 0. The van der Waals surface area contributed by atoms with Gasteiger partial charge in [-0.1, -0.05) is 34.1 Å². The van der Waals surface area contributed by atoms with Gasteiger partial charge in [0.1, 0.15) is 0 Å². The van der Waals surface area contributed by atoms with Gasteiger partial charge in [-0.15, -0.1) is 0 Å². The zero-order valence-corrected chi connectivity index (χ0v) is 11.5. The molecule has 0 amide bonds. The molecule has 1 aliphatic heterocycles. The van der Waals surface area contributed by atoms with E-state index in [1.807, 2.05) is 0 Å². The van der Waals surface area contributed by atoms with Gasteiger partial charge in [0.2, 0.25) is 0 Å². The Morgan fingerprint density at radius 2 is 1.73 bits per heavy atom. The standard InChI is InChI=1S/C14H29N/c1-7-12-9-13(3,4)10-15-14(5,6)8-11(12)2/h11-12,15H,7-10H2,1-6H3. The molecule has 1 aliphatic rings. The summed E-state index contributed by atoms with van der Waals surface area (Å²) in [7, 11) is 0. The van der Waals surface area contributed by atoms with Gasteiger partial charge in [-0.05, 0) is 43.9 Å². The number of rotatable bonds is 1. The third-order valence-electron chi connectivity index (χ3n) is 4.02. The minimum Gasteiger partial charge on any atom is -0.311 e. The lowest BCUT2D eigenvalue weighted by Gasteiger charge is -2.42. The molecule has 0 radical (unpaired) electrons. The normalized spacial score (nSPS) is 35.6. The highest BCUT2D eigenvalue weighted by molar-refractivity contribution is 4.89. The molecule has 0 aromatic heterocycles. The summed E-state index contributed by atoms with van der Waals surface area (Å²) >= 11 is 0. The van der Waals surface area contributed by atoms with Crippen molar-refractivity contribution in [2.45, 2.75) is 66.3 Å². The van der Waals surface area contributed by atoms with Crippen molar-refractivity contribution in [3.63, 3.8) is 0 Å². The third-order valence-corrected chi connectivity index (χ3v) is 4.02. The van der Waals surface area contributed by atoms with Crippen LogP contribution in [0, 0.1) is 17.3 Å². The van der Waals surface area contributed by atoms with E-state index in [4.69, 9.17) is 0 Å². The molecule has 0 aromatic carbocycles. The molecular formula is C14H29N. The number of nitrogens with one attached hydrogen (secondary N) is 1. The lowest BCUT2D eigenvalue weighted by atomic mass is 9.71. The van der Waals surface area contributed by atoms with Gasteiger partial charge in [-0.3, -0.25) is 0 Å². The fourth-order valence-electron chi connectivity index (χ4n) is 3.05. The van der Waals surface area contributed by atoms with Crippen LogP contribution in [0.15, 0.2) is 0 Å². The summed E-state index contributed by atoms with van der Waals surface area (Å²) in [5.41, 5.74) is 0.761. The van der Waals surface area contributed by atoms with E-state index in [0.29, 0.717) is 11.0 Å². The predicted molar refractivity (Wildman–Crippen MR) is 68.0 cm³/mol. The first-order valence-electron chi connectivity index (χ1n) is 6.51. The van der Waals surface area contributed by atoms with Crippen LogP contribution in [0.2, 0.25) is 0 Å². The molecule has 15 heavy (non-hydrogen) atoms. The highest BCUT2D eigenvalue weighted by Crippen LogP contribution is 2.37. The van der Waals surface area contributed by atoms with Crippen LogP contribution in [-0.4, -0.2) is 12.1 Å². The van der Waals surface area contributed by atoms with E-state index in [1.54, 1.807) is 0 Å². The monoisotopic (exact) mass is 211 g/mol. The van der Waals surface area contributed by atoms with Crippen molar-refractivity contribution in [2.24, 2.45) is 17.3 Å². The lowest BCUT2D eigenvalue weighted by molar-refractivity contribution is 0.127. The zero-order chi connectivity index (χ0) is 11.7. The predicted octanol–water partition coefficient (Wildman–Crippen LogP) is 3.84. The van der Waals surface area contributed by atoms with Gasteiger partial charge >= 0.3 is 0 Å². The summed E-state index contributed by atoms with van der Waals surface area (Å²) in [5, 5.41) is 3.73. The first-order chi connectivity index (χ1) is 6.76. The van der Waals surface area contributed by atoms with Gasteiger partial charge in [0.25, 0.3) is 0 Å². The molecule has 1 N–H and O–H groups in total. The second kappa shape index (κ2) is 4.45. The van der Waals surface area contributed by atoms with E-state index in [1.165, 1.54) is 19.3 Å². The Morgan fingerprint density at radius 1 is 1.13 bits per heavy atom. The Morgan fingerprint density at radius 3 is 2.27 bits per heavy atom. The molecule has 1 saturated heterocycles. The van der Waals surface area contributed by atoms with Crippen LogP contribution in [0.3, 0.4) is 0 Å². The average molecular weight is 211 g/mol. The SMILES string of the molecule is CCC1CC(C)(C)CNC(C)(C)CC1C. The second-order valence-electron chi connectivity index (χ2n) is 6.96. The van der Waals surface area contributed by atoms with E-state index in [2.05, 4.69) is 46.9 Å². The maximum Gasteiger partial charge on any atom is 0.0128 e. The third kappa shape index (κ3) is 3.79. The molecule has 0 aliphatic carbocycles. The molecule has 2 atom stereocenters.